The topological polar surface area (TPSA) is 76.2 Å². The second-order valence-electron chi connectivity index (χ2n) is 8.96. The van der Waals surface area contributed by atoms with E-state index >= 15 is 0 Å². The van der Waals surface area contributed by atoms with E-state index in [1.807, 2.05) is 0 Å². The summed E-state index contributed by atoms with van der Waals surface area (Å²) in [6.07, 6.45) is 1.41. The number of carbonyl (C=O) groups excluding carboxylic acids is 1. The van der Waals surface area contributed by atoms with Crippen LogP contribution in [0.4, 0.5) is 0 Å². The summed E-state index contributed by atoms with van der Waals surface area (Å²) in [6.45, 7) is 2.70. The van der Waals surface area contributed by atoms with Crippen LogP contribution in [0, 0.1) is 5.41 Å². The zero-order valence-corrected chi connectivity index (χ0v) is 22.2. The third kappa shape index (κ3) is 6.61. The molecule has 0 radical (unpaired) electrons. The van der Waals surface area contributed by atoms with Gasteiger partial charge in [0.2, 0.25) is 15.9 Å². The van der Waals surface area contributed by atoms with E-state index in [-0.39, 0.29) is 40.4 Å². The maximum atomic E-state index is 13.5. The van der Waals surface area contributed by atoms with Gasteiger partial charge in [-0.1, -0.05) is 34.8 Å². The minimum atomic E-state index is -3.88. The Balaban J connectivity index is 1.59. The summed E-state index contributed by atoms with van der Waals surface area (Å²) in [7, 11) is -3.88. The molecule has 0 spiro atoms. The van der Waals surface area contributed by atoms with Crippen LogP contribution in [-0.4, -0.2) is 69.5 Å². The van der Waals surface area contributed by atoms with Crippen LogP contribution in [0.3, 0.4) is 0 Å². The lowest BCUT2D eigenvalue weighted by molar-refractivity contribution is -0.139. The smallest absolute Gasteiger partial charge is 0.243 e. The van der Waals surface area contributed by atoms with E-state index in [4.69, 9.17) is 44.3 Å². The molecule has 4 rings (SSSR count). The van der Waals surface area contributed by atoms with Crippen LogP contribution >= 0.6 is 34.8 Å². The van der Waals surface area contributed by atoms with Crippen LogP contribution in [0.15, 0.2) is 47.4 Å². The van der Waals surface area contributed by atoms with E-state index in [0.717, 1.165) is 0 Å². The molecule has 190 valence electrons. The zero-order valence-electron chi connectivity index (χ0n) is 19.1. The summed E-state index contributed by atoms with van der Waals surface area (Å²) in [6, 6.07) is 11.2. The quantitative estimate of drug-likeness (QED) is 0.488. The number of nitrogens with zero attached hydrogens (tertiary/aromatic N) is 2. The number of morpholine rings is 1. The number of benzene rings is 2. The number of piperidine rings is 1. The first-order valence-electron chi connectivity index (χ1n) is 11.4. The molecule has 0 aromatic heterocycles. The summed E-state index contributed by atoms with van der Waals surface area (Å²) in [4.78, 5) is 15.0. The van der Waals surface area contributed by atoms with Gasteiger partial charge in [0.25, 0.3) is 0 Å². The zero-order chi connectivity index (χ0) is 25.1. The van der Waals surface area contributed by atoms with Crippen molar-refractivity contribution in [3.63, 3.8) is 0 Å². The maximum Gasteiger partial charge on any atom is 0.243 e. The molecule has 0 unspecified atom stereocenters. The number of carbonyl (C=O) groups is 1. The average molecular weight is 562 g/mol. The highest BCUT2D eigenvalue weighted by atomic mass is 35.5. The molecular weight excluding hydrogens is 535 g/mol. The lowest BCUT2D eigenvalue weighted by Crippen LogP contribution is -2.51. The molecule has 2 heterocycles. The molecule has 7 nitrogen and oxygen atoms in total. The molecule has 2 aliphatic heterocycles. The number of hydrogen-bond donors (Lipinski definition) is 0. The van der Waals surface area contributed by atoms with E-state index in [0.29, 0.717) is 56.5 Å². The molecule has 2 saturated heterocycles. The first-order chi connectivity index (χ1) is 16.7. The van der Waals surface area contributed by atoms with Crippen molar-refractivity contribution >= 4 is 50.7 Å². The van der Waals surface area contributed by atoms with Crippen molar-refractivity contribution in [2.75, 3.05) is 46.0 Å². The molecule has 1 amide bonds. The van der Waals surface area contributed by atoms with Gasteiger partial charge in [-0.3, -0.25) is 4.79 Å². The molecule has 35 heavy (non-hydrogen) atoms. The second-order valence-corrected chi connectivity index (χ2v) is 12.2. The van der Waals surface area contributed by atoms with Gasteiger partial charge in [0, 0.05) is 53.1 Å². The Morgan fingerprint density at radius 3 is 2.29 bits per heavy atom. The Morgan fingerprint density at radius 2 is 1.63 bits per heavy atom. The Bertz CT molecular complexity index is 1140. The van der Waals surface area contributed by atoms with Gasteiger partial charge in [-0.25, -0.2) is 8.42 Å². The van der Waals surface area contributed by atoms with Gasteiger partial charge in [-0.05, 0) is 55.3 Å². The standard InChI is InChI=1S/C24H27Cl3N2O5S/c25-18-2-4-21(5-3-18)34-17-24(15-23(30)28-8-10-33-11-9-28)6-1-7-29(16-24)35(31,32)22-13-19(26)12-20(27)14-22/h2-5,12-14H,1,6-11,15-17H2/t24-/m0/s1. The van der Waals surface area contributed by atoms with Gasteiger partial charge in [0.05, 0.1) is 24.7 Å². The van der Waals surface area contributed by atoms with Crippen molar-refractivity contribution in [3.05, 3.63) is 57.5 Å². The molecule has 2 aromatic carbocycles. The van der Waals surface area contributed by atoms with E-state index in [1.165, 1.54) is 22.5 Å². The van der Waals surface area contributed by atoms with Gasteiger partial charge in [0.1, 0.15) is 5.75 Å². The number of hydrogen-bond acceptors (Lipinski definition) is 5. The predicted octanol–water partition coefficient (Wildman–Crippen LogP) is 4.75. The molecule has 1 atom stereocenters. The van der Waals surface area contributed by atoms with Crippen molar-refractivity contribution in [2.45, 2.75) is 24.2 Å². The first kappa shape index (κ1) is 26.5. The second kappa shape index (κ2) is 11.2. The van der Waals surface area contributed by atoms with Crippen molar-refractivity contribution in [3.8, 4) is 5.75 Å². The SMILES string of the molecule is O=C(C[C@@]1(COc2ccc(Cl)cc2)CCCN(S(=O)(=O)c2cc(Cl)cc(Cl)c2)C1)N1CCOCC1. The molecule has 2 fully saturated rings. The highest BCUT2D eigenvalue weighted by molar-refractivity contribution is 7.89. The Hall–Kier alpha value is -1.55. The van der Waals surface area contributed by atoms with Gasteiger partial charge in [-0.2, -0.15) is 4.31 Å². The molecule has 2 aliphatic rings. The van der Waals surface area contributed by atoms with Gasteiger partial charge in [0.15, 0.2) is 0 Å². The largest absolute Gasteiger partial charge is 0.493 e. The number of rotatable bonds is 7. The van der Waals surface area contributed by atoms with Gasteiger partial charge in [-0.15, -0.1) is 0 Å². The minimum Gasteiger partial charge on any atom is -0.493 e. The van der Waals surface area contributed by atoms with Crippen LogP contribution in [-0.2, 0) is 19.6 Å². The van der Waals surface area contributed by atoms with E-state index in [9.17, 15) is 13.2 Å². The molecule has 0 N–H and O–H groups in total. The predicted molar refractivity (Wildman–Crippen MR) is 136 cm³/mol. The first-order valence-corrected chi connectivity index (χ1v) is 13.9. The molecule has 0 saturated carbocycles. The van der Waals surface area contributed by atoms with Crippen LogP contribution in [0.25, 0.3) is 0 Å². The molecule has 2 aromatic rings. The monoisotopic (exact) mass is 560 g/mol. The number of ether oxygens (including phenoxy) is 2. The lowest BCUT2D eigenvalue weighted by atomic mass is 9.78. The lowest BCUT2D eigenvalue weighted by Gasteiger charge is -2.42. The molecule has 0 bridgehead atoms. The summed E-state index contributed by atoms with van der Waals surface area (Å²) in [5, 5.41) is 1.07. The summed E-state index contributed by atoms with van der Waals surface area (Å²) < 4.78 is 39.9. The maximum absolute atomic E-state index is 13.5. The van der Waals surface area contributed by atoms with E-state index in [2.05, 4.69) is 0 Å². The number of sulfonamides is 1. The fourth-order valence-electron chi connectivity index (χ4n) is 4.52. The van der Waals surface area contributed by atoms with Gasteiger partial charge < -0.3 is 14.4 Å². The third-order valence-corrected chi connectivity index (χ3v) is 8.86. The van der Waals surface area contributed by atoms with Crippen molar-refractivity contribution < 1.29 is 22.7 Å². The van der Waals surface area contributed by atoms with Crippen molar-refractivity contribution in [2.24, 2.45) is 5.41 Å². The Kier molecular flexibility index (Phi) is 8.51. The summed E-state index contributed by atoms with van der Waals surface area (Å²) in [5.74, 6) is 0.576. The Labute approximate surface area is 220 Å². The summed E-state index contributed by atoms with van der Waals surface area (Å²) >= 11 is 18.1. The van der Waals surface area contributed by atoms with E-state index < -0.39 is 15.4 Å². The third-order valence-electron chi connectivity index (χ3n) is 6.35. The number of halogens is 3. The molecule has 0 aliphatic carbocycles. The highest BCUT2D eigenvalue weighted by Crippen LogP contribution is 2.38. The van der Waals surface area contributed by atoms with E-state index in [1.54, 1.807) is 29.2 Å². The Morgan fingerprint density at radius 1 is 0.971 bits per heavy atom. The normalized spacial score (nSPS) is 21.6. The van der Waals surface area contributed by atoms with Gasteiger partial charge >= 0.3 is 0 Å². The van der Waals surface area contributed by atoms with Crippen LogP contribution in [0.2, 0.25) is 15.1 Å². The molecule has 11 heteroatoms. The minimum absolute atomic E-state index is 0.0296. The fourth-order valence-corrected chi connectivity index (χ4v) is 6.96. The van der Waals surface area contributed by atoms with Crippen LogP contribution in [0.5, 0.6) is 5.75 Å². The van der Waals surface area contributed by atoms with Crippen molar-refractivity contribution in [1.29, 1.82) is 0 Å². The average Bonchev–Trinajstić information content (AvgIpc) is 2.84. The van der Waals surface area contributed by atoms with Crippen molar-refractivity contribution in [1.82, 2.24) is 9.21 Å². The van der Waals surface area contributed by atoms with Crippen LogP contribution in [0.1, 0.15) is 19.3 Å². The summed E-state index contributed by atoms with van der Waals surface area (Å²) in [5.41, 5.74) is -0.706. The molecular formula is C24H27Cl3N2O5S. The fraction of sp³-hybridized carbons (Fsp3) is 0.458. The highest BCUT2D eigenvalue weighted by Gasteiger charge is 2.43. The number of amides is 1. The van der Waals surface area contributed by atoms with Crippen LogP contribution < -0.4 is 4.74 Å².